The van der Waals surface area contributed by atoms with Gasteiger partial charge in [0.1, 0.15) is 6.61 Å². The summed E-state index contributed by atoms with van der Waals surface area (Å²) in [6.07, 6.45) is 5.06. The third-order valence-corrected chi connectivity index (χ3v) is 7.27. The SMILES string of the molecule is O=C(OCC1c2ccccc2-c2ccccc21)N1CCN(CC2(O)CCCCC2)CC1. The van der Waals surface area contributed by atoms with Gasteiger partial charge in [-0.15, -0.1) is 0 Å². The molecule has 1 heterocycles. The summed E-state index contributed by atoms with van der Waals surface area (Å²) < 4.78 is 5.80. The Morgan fingerprint density at radius 3 is 2.10 bits per heavy atom. The number of nitrogens with zero attached hydrogens (tertiary/aromatic N) is 2. The van der Waals surface area contributed by atoms with Crippen molar-refractivity contribution >= 4 is 6.09 Å². The van der Waals surface area contributed by atoms with Crippen LogP contribution in [-0.2, 0) is 4.74 Å². The lowest BCUT2D eigenvalue weighted by Crippen LogP contribution is -2.53. The van der Waals surface area contributed by atoms with Gasteiger partial charge in [-0.05, 0) is 35.1 Å². The van der Waals surface area contributed by atoms with Crippen LogP contribution in [0.25, 0.3) is 11.1 Å². The second-order valence-electron chi connectivity index (χ2n) is 9.35. The smallest absolute Gasteiger partial charge is 0.409 e. The third-order valence-electron chi connectivity index (χ3n) is 7.27. The lowest BCUT2D eigenvalue weighted by molar-refractivity contribution is -0.0349. The number of amides is 1. The van der Waals surface area contributed by atoms with Crippen LogP contribution in [0.15, 0.2) is 48.5 Å². The molecule has 0 spiro atoms. The molecule has 0 radical (unpaired) electrons. The number of hydrogen-bond acceptors (Lipinski definition) is 4. The molecule has 0 atom stereocenters. The Morgan fingerprint density at radius 2 is 1.48 bits per heavy atom. The molecule has 5 nitrogen and oxygen atoms in total. The molecule has 1 saturated carbocycles. The maximum atomic E-state index is 12.8. The first-order valence-corrected chi connectivity index (χ1v) is 11.7. The topological polar surface area (TPSA) is 53.0 Å². The number of hydrogen-bond donors (Lipinski definition) is 1. The van der Waals surface area contributed by atoms with Crippen LogP contribution >= 0.6 is 0 Å². The second-order valence-corrected chi connectivity index (χ2v) is 9.35. The summed E-state index contributed by atoms with van der Waals surface area (Å²) in [5, 5.41) is 10.8. The molecular weight excluding hydrogens is 388 g/mol. The van der Waals surface area contributed by atoms with Crippen molar-refractivity contribution in [2.24, 2.45) is 0 Å². The van der Waals surface area contributed by atoms with Gasteiger partial charge < -0.3 is 14.7 Å². The van der Waals surface area contributed by atoms with E-state index in [9.17, 15) is 9.90 Å². The molecule has 164 valence electrons. The summed E-state index contributed by atoms with van der Waals surface area (Å²) in [5.74, 6) is 0.0955. The zero-order valence-corrected chi connectivity index (χ0v) is 18.1. The fourth-order valence-corrected chi connectivity index (χ4v) is 5.56. The standard InChI is InChI=1S/C26H32N2O3/c29-25(28-16-14-27(15-17-28)19-26(30)12-6-1-7-13-26)31-18-24-22-10-4-2-8-20(22)21-9-3-5-11-23(21)24/h2-5,8-11,24,30H,1,6-7,12-19H2. The van der Waals surface area contributed by atoms with Gasteiger partial charge in [0.05, 0.1) is 5.60 Å². The van der Waals surface area contributed by atoms with Crippen LogP contribution in [0, 0.1) is 0 Å². The highest BCUT2D eigenvalue weighted by molar-refractivity contribution is 5.79. The normalized spacial score (nSPS) is 20.9. The Morgan fingerprint density at radius 1 is 0.903 bits per heavy atom. The molecule has 3 aliphatic rings. The van der Waals surface area contributed by atoms with Gasteiger partial charge in [-0.1, -0.05) is 67.8 Å². The lowest BCUT2D eigenvalue weighted by atomic mass is 9.84. The lowest BCUT2D eigenvalue weighted by Gasteiger charge is -2.40. The first-order chi connectivity index (χ1) is 15.1. The van der Waals surface area contributed by atoms with Crippen molar-refractivity contribution in [1.29, 1.82) is 0 Å². The van der Waals surface area contributed by atoms with Gasteiger partial charge in [-0.3, -0.25) is 4.90 Å². The minimum absolute atomic E-state index is 0.0955. The van der Waals surface area contributed by atoms with Crippen molar-refractivity contribution in [1.82, 2.24) is 9.80 Å². The van der Waals surface area contributed by atoms with Gasteiger partial charge in [0, 0.05) is 38.6 Å². The van der Waals surface area contributed by atoms with Gasteiger partial charge in [0.25, 0.3) is 0 Å². The number of carbonyl (C=O) groups is 1. The highest BCUT2D eigenvalue weighted by Crippen LogP contribution is 2.44. The van der Waals surface area contributed by atoms with E-state index in [-0.39, 0.29) is 12.0 Å². The quantitative estimate of drug-likeness (QED) is 0.804. The van der Waals surface area contributed by atoms with Crippen LogP contribution in [0.4, 0.5) is 4.79 Å². The Labute approximate surface area is 184 Å². The molecule has 0 aromatic heterocycles. The number of ether oxygens (including phenoxy) is 1. The van der Waals surface area contributed by atoms with Crippen molar-refractivity contribution in [2.75, 3.05) is 39.3 Å². The van der Waals surface area contributed by atoms with E-state index in [1.54, 1.807) is 0 Å². The van der Waals surface area contributed by atoms with Crippen molar-refractivity contribution in [3.05, 3.63) is 59.7 Å². The van der Waals surface area contributed by atoms with Crippen molar-refractivity contribution in [3.63, 3.8) is 0 Å². The predicted octanol–water partition coefficient (Wildman–Crippen LogP) is 4.25. The molecule has 5 rings (SSSR count). The fraction of sp³-hybridized carbons (Fsp3) is 0.500. The number of aliphatic hydroxyl groups is 1. The van der Waals surface area contributed by atoms with Crippen molar-refractivity contribution in [2.45, 2.75) is 43.6 Å². The van der Waals surface area contributed by atoms with Crippen LogP contribution in [-0.4, -0.2) is 65.9 Å². The van der Waals surface area contributed by atoms with E-state index in [4.69, 9.17) is 4.74 Å². The molecule has 1 aliphatic heterocycles. The number of rotatable bonds is 4. The highest BCUT2D eigenvalue weighted by Gasteiger charge is 2.34. The largest absolute Gasteiger partial charge is 0.448 e. The molecule has 1 saturated heterocycles. The molecule has 0 bridgehead atoms. The second kappa shape index (κ2) is 8.64. The average molecular weight is 421 g/mol. The molecule has 2 aromatic rings. The molecule has 2 fully saturated rings. The third kappa shape index (κ3) is 4.21. The number of piperazine rings is 1. The maximum Gasteiger partial charge on any atom is 0.409 e. The van der Waals surface area contributed by atoms with E-state index < -0.39 is 5.60 Å². The van der Waals surface area contributed by atoms with Crippen LogP contribution in [0.1, 0.15) is 49.1 Å². The Kier molecular flexibility index (Phi) is 5.72. The fourth-order valence-electron chi connectivity index (χ4n) is 5.56. The summed E-state index contributed by atoms with van der Waals surface area (Å²) in [7, 11) is 0. The molecule has 1 N–H and O–H groups in total. The van der Waals surface area contributed by atoms with Gasteiger partial charge >= 0.3 is 6.09 Å². The van der Waals surface area contributed by atoms with Crippen LogP contribution in [0.5, 0.6) is 0 Å². The minimum atomic E-state index is -0.538. The molecule has 0 unspecified atom stereocenters. The Hall–Kier alpha value is -2.37. The van der Waals surface area contributed by atoms with E-state index in [1.807, 2.05) is 4.90 Å². The first-order valence-electron chi connectivity index (χ1n) is 11.7. The van der Waals surface area contributed by atoms with Crippen molar-refractivity contribution in [3.8, 4) is 11.1 Å². The summed E-state index contributed by atoms with van der Waals surface area (Å²) in [5.41, 5.74) is 4.43. The molecule has 5 heteroatoms. The van der Waals surface area contributed by atoms with E-state index in [2.05, 4.69) is 53.4 Å². The number of β-amino-alcohol motifs (C(OH)–C–C–N with tert-alkyl or cyclic N) is 1. The summed E-state index contributed by atoms with van der Waals surface area (Å²) in [6, 6.07) is 16.8. The number of carbonyl (C=O) groups excluding carboxylic acids is 1. The monoisotopic (exact) mass is 420 g/mol. The molecule has 2 aromatic carbocycles. The molecule has 31 heavy (non-hydrogen) atoms. The Balaban J connectivity index is 1.16. The van der Waals surface area contributed by atoms with Crippen molar-refractivity contribution < 1.29 is 14.6 Å². The zero-order valence-electron chi connectivity index (χ0n) is 18.1. The zero-order chi connectivity index (χ0) is 21.3. The molecule has 2 aliphatic carbocycles. The number of fused-ring (bicyclic) bond motifs is 3. The van der Waals surface area contributed by atoms with Gasteiger partial charge in [-0.25, -0.2) is 4.79 Å². The molecular formula is C26H32N2O3. The maximum absolute atomic E-state index is 12.8. The predicted molar refractivity (Wildman–Crippen MR) is 121 cm³/mol. The highest BCUT2D eigenvalue weighted by atomic mass is 16.6. The van der Waals surface area contributed by atoms with Gasteiger partial charge in [-0.2, -0.15) is 0 Å². The average Bonchev–Trinajstić information content (AvgIpc) is 3.12. The van der Waals surface area contributed by atoms with Gasteiger partial charge in [0.2, 0.25) is 0 Å². The van der Waals surface area contributed by atoms with E-state index in [1.165, 1.54) is 28.7 Å². The Bertz CT molecular complexity index is 884. The van der Waals surface area contributed by atoms with E-state index >= 15 is 0 Å². The van der Waals surface area contributed by atoms with Crippen LogP contribution in [0.2, 0.25) is 0 Å². The van der Waals surface area contributed by atoms with Crippen LogP contribution < -0.4 is 0 Å². The summed E-state index contributed by atoms with van der Waals surface area (Å²) in [6.45, 7) is 4.01. The summed E-state index contributed by atoms with van der Waals surface area (Å²) >= 11 is 0. The van der Waals surface area contributed by atoms with Gasteiger partial charge in [0.15, 0.2) is 0 Å². The molecule has 1 amide bonds. The summed E-state index contributed by atoms with van der Waals surface area (Å²) in [4.78, 5) is 16.9. The minimum Gasteiger partial charge on any atom is -0.448 e. The van der Waals surface area contributed by atoms with Crippen LogP contribution in [0.3, 0.4) is 0 Å². The van der Waals surface area contributed by atoms with E-state index in [0.29, 0.717) is 19.7 Å². The van der Waals surface area contributed by atoms with E-state index in [0.717, 1.165) is 45.3 Å². The first kappa shape index (κ1) is 20.5. The number of benzene rings is 2.